The molecule has 0 amide bonds. The van der Waals surface area contributed by atoms with Crippen LogP contribution in [0.25, 0.3) is 0 Å². The van der Waals surface area contributed by atoms with Crippen LogP contribution < -0.4 is 0 Å². The van der Waals surface area contributed by atoms with E-state index in [2.05, 4.69) is 22.6 Å². The molecular weight excluding hydrogens is 338 g/mol. The third kappa shape index (κ3) is 18.7. The van der Waals surface area contributed by atoms with E-state index in [4.69, 9.17) is 19.7 Å². The Morgan fingerprint density at radius 3 is 1.32 bits per heavy atom. The summed E-state index contributed by atoms with van der Waals surface area (Å²) in [5.74, 6) is -2.47. The van der Waals surface area contributed by atoms with E-state index in [-0.39, 0.29) is 39.3 Å². The molecule has 10 nitrogen and oxygen atoms in total. The third-order valence-corrected chi connectivity index (χ3v) is 2.05. The van der Waals surface area contributed by atoms with Gasteiger partial charge in [-0.3, -0.25) is 9.59 Å². The highest BCUT2D eigenvalue weighted by molar-refractivity contribution is 5.81. The Labute approximate surface area is 143 Å². The minimum absolute atomic E-state index is 0.0876. The molecule has 0 fully saturated rings. The maximum absolute atomic E-state index is 11.2. The molecule has 0 rings (SSSR count). The second-order valence-corrected chi connectivity index (χ2v) is 3.79. The Balaban J connectivity index is 0. The van der Waals surface area contributed by atoms with E-state index in [1.165, 1.54) is 0 Å². The summed E-state index contributed by atoms with van der Waals surface area (Å²) < 4.78 is 18.6. The lowest BCUT2D eigenvalue weighted by Crippen LogP contribution is -2.16. The highest BCUT2D eigenvalue weighted by Gasteiger charge is 2.09. The largest absolute Gasteiger partial charge is 0.462 e. The van der Waals surface area contributed by atoms with Crippen LogP contribution in [0.3, 0.4) is 0 Å². The van der Waals surface area contributed by atoms with Gasteiger partial charge in [-0.05, 0) is 0 Å². The molecule has 0 aromatic carbocycles. The van der Waals surface area contributed by atoms with Gasteiger partial charge in [0, 0.05) is 12.2 Å². The van der Waals surface area contributed by atoms with Gasteiger partial charge in [0.25, 0.3) is 0 Å². The molecule has 0 bridgehead atoms. The van der Waals surface area contributed by atoms with Crippen molar-refractivity contribution < 1.29 is 42.9 Å². The van der Waals surface area contributed by atoms with Gasteiger partial charge in [-0.1, -0.05) is 13.2 Å². The summed E-state index contributed by atoms with van der Waals surface area (Å²) in [5, 5.41) is 5.40. The van der Waals surface area contributed by atoms with Crippen LogP contribution in [-0.4, -0.2) is 56.4 Å². The van der Waals surface area contributed by atoms with Crippen molar-refractivity contribution in [3.63, 3.8) is 0 Å². The first-order valence-electron chi connectivity index (χ1n) is 6.84. The molecule has 0 unspecified atom stereocenters. The molecule has 10 heteroatoms. The summed E-state index contributed by atoms with van der Waals surface area (Å²) in [5.41, 5.74) is 0. The molecule has 0 aromatic rings. The van der Waals surface area contributed by atoms with E-state index < -0.39 is 23.9 Å². The van der Waals surface area contributed by atoms with Gasteiger partial charge >= 0.3 is 23.9 Å². The van der Waals surface area contributed by atoms with Gasteiger partial charge in [0.05, 0.1) is 12.8 Å². The number of carbonyl (C=O) groups excluding carboxylic acids is 5. The lowest BCUT2D eigenvalue weighted by atomic mass is 10.3. The first-order chi connectivity index (χ1) is 11.9. The summed E-state index contributed by atoms with van der Waals surface area (Å²) in [4.78, 5) is 52.2. The van der Waals surface area contributed by atoms with Gasteiger partial charge in [0.2, 0.25) is 6.08 Å². The highest BCUT2D eigenvalue weighted by Crippen LogP contribution is 1.96. The van der Waals surface area contributed by atoms with E-state index in [1.807, 2.05) is 0 Å². The van der Waals surface area contributed by atoms with E-state index in [1.54, 1.807) is 0 Å². The minimum Gasteiger partial charge on any atom is -0.462 e. The number of hydrogen-bond donors (Lipinski definition) is 1. The molecule has 0 aliphatic carbocycles. The Kier molecular flexibility index (Phi) is 16.4. The third-order valence-electron chi connectivity index (χ3n) is 2.05. The van der Waals surface area contributed by atoms with Crippen molar-refractivity contribution in [1.82, 2.24) is 0 Å². The number of esters is 4. The van der Waals surface area contributed by atoms with Crippen LogP contribution in [0.5, 0.6) is 0 Å². The molecule has 0 aliphatic rings. The Hall–Kier alpha value is -3.26. The SMILES string of the molecule is C=CC(=O)OCCOC(=O)CCC(=O)OCCOC(=O)C=C.N=C=O. The standard InChI is InChI=1S/C14H18O8.CHNO/c1-3-11(15)19-7-9-21-13(17)5-6-14(18)22-10-8-20-12(16)4-2;2-1-3/h3-4H,1-2,5-10H2;2H. The smallest absolute Gasteiger partial charge is 0.330 e. The molecule has 0 aliphatic heterocycles. The van der Waals surface area contributed by atoms with E-state index in [0.29, 0.717) is 0 Å². The number of hydrogen-bond acceptors (Lipinski definition) is 10. The monoisotopic (exact) mass is 357 g/mol. The van der Waals surface area contributed by atoms with Crippen molar-refractivity contribution in [3.05, 3.63) is 25.3 Å². The van der Waals surface area contributed by atoms with Crippen LogP contribution in [0.2, 0.25) is 0 Å². The molecule has 25 heavy (non-hydrogen) atoms. The van der Waals surface area contributed by atoms with E-state index in [0.717, 1.165) is 18.2 Å². The first-order valence-corrected chi connectivity index (χ1v) is 6.84. The van der Waals surface area contributed by atoms with Crippen molar-refractivity contribution in [2.24, 2.45) is 0 Å². The lowest BCUT2D eigenvalue weighted by Gasteiger charge is -2.06. The molecule has 0 spiro atoms. The second-order valence-electron chi connectivity index (χ2n) is 3.79. The molecule has 0 saturated carbocycles. The Bertz CT molecular complexity index is 467. The number of carbonyl (C=O) groups is 4. The molecule has 1 N–H and O–H groups in total. The molecule has 138 valence electrons. The quantitative estimate of drug-likeness (QED) is 0.137. The zero-order chi connectivity index (χ0) is 19.5. The summed E-state index contributed by atoms with van der Waals surface area (Å²) in [6.45, 7) is 6.02. The number of ether oxygens (including phenoxy) is 4. The average Bonchev–Trinajstić information content (AvgIpc) is 2.60. The molecular formula is C15H19NO9. The predicted octanol–water partition coefficient (Wildman–Crippen LogP) is 0.212. The fourth-order valence-electron chi connectivity index (χ4n) is 1.06. The van der Waals surface area contributed by atoms with E-state index in [9.17, 15) is 19.2 Å². The van der Waals surface area contributed by atoms with Crippen LogP contribution in [0, 0.1) is 5.41 Å². The van der Waals surface area contributed by atoms with Crippen LogP contribution in [-0.2, 0) is 42.9 Å². The summed E-state index contributed by atoms with van der Waals surface area (Å²) in [6, 6.07) is 0. The van der Waals surface area contributed by atoms with Crippen LogP contribution in [0.4, 0.5) is 0 Å². The molecule has 0 atom stereocenters. The fraction of sp³-hybridized carbons (Fsp3) is 0.400. The molecule has 0 saturated heterocycles. The van der Waals surface area contributed by atoms with Gasteiger partial charge in [0.15, 0.2) is 0 Å². The van der Waals surface area contributed by atoms with Gasteiger partial charge < -0.3 is 18.9 Å². The molecule has 0 aromatic heterocycles. The van der Waals surface area contributed by atoms with Gasteiger partial charge in [-0.25, -0.2) is 19.8 Å². The Morgan fingerprint density at radius 1 is 0.760 bits per heavy atom. The van der Waals surface area contributed by atoms with Crippen molar-refractivity contribution >= 4 is 30.0 Å². The summed E-state index contributed by atoms with van der Waals surface area (Å²) in [6.07, 6.45) is 2.40. The van der Waals surface area contributed by atoms with Gasteiger partial charge in [-0.2, -0.15) is 0 Å². The lowest BCUT2D eigenvalue weighted by molar-refractivity contribution is -0.154. The topological polar surface area (TPSA) is 146 Å². The van der Waals surface area contributed by atoms with Crippen molar-refractivity contribution in [3.8, 4) is 0 Å². The van der Waals surface area contributed by atoms with Crippen LogP contribution >= 0.6 is 0 Å². The summed E-state index contributed by atoms with van der Waals surface area (Å²) >= 11 is 0. The normalized spacial score (nSPS) is 8.48. The average molecular weight is 357 g/mol. The zero-order valence-corrected chi connectivity index (χ0v) is 13.5. The van der Waals surface area contributed by atoms with Crippen LogP contribution in [0.15, 0.2) is 25.3 Å². The number of isocyanates is 1. The van der Waals surface area contributed by atoms with Crippen molar-refractivity contribution in [1.29, 1.82) is 5.41 Å². The second kappa shape index (κ2) is 17.1. The summed E-state index contributed by atoms with van der Waals surface area (Å²) in [7, 11) is 0. The first kappa shape index (κ1) is 24.0. The number of rotatable bonds is 11. The molecule has 0 heterocycles. The van der Waals surface area contributed by atoms with Crippen LogP contribution in [0.1, 0.15) is 12.8 Å². The fourth-order valence-corrected chi connectivity index (χ4v) is 1.06. The maximum Gasteiger partial charge on any atom is 0.330 e. The van der Waals surface area contributed by atoms with Gasteiger partial charge in [0.1, 0.15) is 26.4 Å². The Morgan fingerprint density at radius 2 is 1.04 bits per heavy atom. The maximum atomic E-state index is 11.2. The highest BCUT2D eigenvalue weighted by atomic mass is 16.6. The van der Waals surface area contributed by atoms with Crippen molar-refractivity contribution in [2.75, 3.05) is 26.4 Å². The number of nitrogens with one attached hydrogen (secondary N) is 1. The zero-order valence-electron chi connectivity index (χ0n) is 13.5. The van der Waals surface area contributed by atoms with Crippen molar-refractivity contribution in [2.45, 2.75) is 12.8 Å². The van der Waals surface area contributed by atoms with Gasteiger partial charge in [-0.15, -0.1) is 0 Å². The predicted molar refractivity (Wildman–Crippen MR) is 81.9 cm³/mol. The van der Waals surface area contributed by atoms with E-state index >= 15 is 0 Å². The molecule has 0 radical (unpaired) electrons. The minimum atomic E-state index is -0.621.